The van der Waals surface area contributed by atoms with Gasteiger partial charge in [0.2, 0.25) is 0 Å². The minimum Gasteiger partial charge on any atom is -0.452 e. The van der Waals surface area contributed by atoms with Gasteiger partial charge >= 0.3 is 5.97 Å². The van der Waals surface area contributed by atoms with Crippen molar-refractivity contribution in [1.82, 2.24) is 15.1 Å². The fourth-order valence-electron chi connectivity index (χ4n) is 1.65. The zero-order valence-corrected chi connectivity index (χ0v) is 12.9. The van der Waals surface area contributed by atoms with E-state index in [0.717, 1.165) is 12.8 Å². The quantitative estimate of drug-likeness (QED) is 0.612. The van der Waals surface area contributed by atoms with E-state index in [-0.39, 0.29) is 17.3 Å². The van der Waals surface area contributed by atoms with Gasteiger partial charge in [0.1, 0.15) is 10.7 Å². The van der Waals surface area contributed by atoms with Crippen LogP contribution in [0.25, 0.3) is 0 Å². The molecule has 0 atom stereocenters. The first-order chi connectivity index (χ1) is 10.0. The third-order valence-corrected chi connectivity index (χ3v) is 3.10. The SMILES string of the molecule is C#CCNC(=O)COC(=O)c1c(C)nn(CCCC)c1Cl. The van der Waals surface area contributed by atoms with Crippen LogP contribution in [0.2, 0.25) is 5.15 Å². The molecule has 1 heterocycles. The normalized spacial score (nSPS) is 10.0. The molecule has 0 saturated carbocycles. The number of rotatable bonds is 7. The van der Waals surface area contributed by atoms with E-state index in [1.54, 1.807) is 11.6 Å². The number of ether oxygens (including phenoxy) is 1. The lowest BCUT2D eigenvalue weighted by molar-refractivity contribution is -0.123. The predicted octanol–water partition coefficient (Wildman–Crippen LogP) is 1.55. The Hall–Kier alpha value is -2.00. The van der Waals surface area contributed by atoms with Gasteiger partial charge in [-0.05, 0) is 13.3 Å². The van der Waals surface area contributed by atoms with E-state index >= 15 is 0 Å². The Balaban J connectivity index is 2.68. The molecule has 1 aromatic rings. The van der Waals surface area contributed by atoms with E-state index in [1.165, 1.54) is 0 Å². The number of esters is 1. The summed E-state index contributed by atoms with van der Waals surface area (Å²) in [5, 5.41) is 6.83. The molecule has 21 heavy (non-hydrogen) atoms. The van der Waals surface area contributed by atoms with Crippen molar-refractivity contribution in [2.45, 2.75) is 33.2 Å². The van der Waals surface area contributed by atoms with Gasteiger partial charge in [-0.1, -0.05) is 30.9 Å². The molecule has 0 aliphatic heterocycles. The van der Waals surface area contributed by atoms with Crippen LogP contribution in [0.1, 0.15) is 35.8 Å². The van der Waals surface area contributed by atoms with Gasteiger partial charge in [-0.3, -0.25) is 9.48 Å². The highest BCUT2D eigenvalue weighted by molar-refractivity contribution is 6.32. The molecule has 1 rings (SSSR count). The second kappa shape index (κ2) is 8.32. The smallest absolute Gasteiger partial charge is 0.343 e. The Labute approximate surface area is 128 Å². The highest BCUT2D eigenvalue weighted by atomic mass is 35.5. The molecule has 0 bridgehead atoms. The van der Waals surface area contributed by atoms with Gasteiger partial charge in [0.15, 0.2) is 6.61 Å². The highest BCUT2D eigenvalue weighted by Crippen LogP contribution is 2.21. The highest BCUT2D eigenvalue weighted by Gasteiger charge is 2.22. The fourth-order valence-corrected chi connectivity index (χ4v) is 1.98. The first kappa shape index (κ1) is 17.1. The number of hydrogen-bond donors (Lipinski definition) is 1. The summed E-state index contributed by atoms with van der Waals surface area (Å²) in [6.45, 7) is 4.03. The molecule has 1 amide bonds. The average molecular weight is 312 g/mol. The summed E-state index contributed by atoms with van der Waals surface area (Å²) in [4.78, 5) is 23.3. The molecule has 1 aromatic heterocycles. The minimum atomic E-state index is -0.670. The van der Waals surface area contributed by atoms with Gasteiger partial charge in [-0.2, -0.15) is 5.10 Å². The van der Waals surface area contributed by atoms with Crippen LogP contribution in [-0.2, 0) is 16.1 Å². The maximum atomic E-state index is 12.0. The lowest BCUT2D eigenvalue weighted by Gasteiger charge is -2.05. The molecular formula is C14H18ClN3O3. The number of aromatic nitrogens is 2. The number of nitrogens with one attached hydrogen (secondary N) is 1. The Kier molecular flexibility index (Phi) is 6.76. The topological polar surface area (TPSA) is 73.2 Å². The number of terminal acetylenes is 1. The van der Waals surface area contributed by atoms with E-state index in [9.17, 15) is 9.59 Å². The van der Waals surface area contributed by atoms with E-state index in [4.69, 9.17) is 22.8 Å². The molecule has 0 fully saturated rings. The van der Waals surface area contributed by atoms with Crippen LogP contribution < -0.4 is 5.32 Å². The first-order valence-electron chi connectivity index (χ1n) is 6.61. The molecule has 6 nitrogen and oxygen atoms in total. The molecule has 114 valence electrons. The number of nitrogens with zero attached hydrogens (tertiary/aromatic N) is 2. The van der Waals surface area contributed by atoms with E-state index in [1.807, 2.05) is 6.92 Å². The average Bonchev–Trinajstić information content (AvgIpc) is 2.74. The van der Waals surface area contributed by atoms with Crippen molar-refractivity contribution in [3.63, 3.8) is 0 Å². The monoisotopic (exact) mass is 311 g/mol. The van der Waals surface area contributed by atoms with Crippen molar-refractivity contribution in [3.8, 4) is 12.3 Å². The van der Waals surface area contributed by atoms with Crippen LogP contribution >= 0.6 is 11.6 Å². The Morgan fingerprint density at radius 3 is 2.86 bits per heavy atom. The Morgan fingerprint density at radius 2 is 2.24 bits per heavy atom. The van der Waals surface area contributed by atoms with Crippen molar-refractivity contribution in [1.29, 1.82) is 0 Å². The standard InChI is InChI=1S/C14H18ClN3O3/c1-4-6-8-18-13(15)12(10(3)17-18)14(20)21-9-11(19)16-7-5-2/h2H,4,6-9H2,1,3H3,(H,16,19). The molecule has 0 radical (unpaired) electrons. The van der Waals surface area contributed by atoms with Crippen LogP contribution in [0.5, 0.6) is 0 Å². The Morgan fingerprint density at radius 1 is 1.52 bits per heavy atom. The summed E-state index contributed by atoms with van der Waals surface area (Å²) in [6.07, 6.45) is 6.90. The summed E-state index contributed by atoms with van der Waals surface area (Å²) in [6, 6.07) is 0. The summed E-state index contributed by atoms with van der Waals surface area (Å²) in [5.41, 5.74) is 0.669. The number of hydrogen-bond acceptors (Lipinski definition) is 4. The lowest BCUT2D eigenvalue weighted by Crippen LogP contribution is -2.29. The zero-order chi connectivity index (χ0) is 15.8. The van der Waals surface area contributed by atoms with E-state index in [2.05, 4.69) is 16.3 Å². The van der Waals surface area contributed by atoms with Crippen molar-refractivity contribution < 1.29 is 14.3 Å². The summed E-state index contributed by atoms with van der Waals surface area (Å²) in [5.74, 6) is 1.12. The van der Waals surface area contributed by atoms with Crippen molar-refractivity contribution in [3.05, 3.63) is 16.4 Å². The van der Waals surface area contributed by atoms with Crippen LogP contribution in [0.4, 0.5) is 0 Å². The van der Waals surface area contributed by atoms with Gasteiger partial charge < -0.3 is 10.1 Å². The number of amides is 1. The number of halogens is 1. The third-order valence-electron chi connectivity index (χ3n) is 2.71. The number of unbranched alkanes of at least 4 members (excludes halogenated alkanes) is 1. The van der Waals surface area contributed by atoms with Gasteiger partial charge in [0.05, 0.1) is 12.2 Å². The molecule has 0 aromatic carbocycles. The van der Waals surface area contributed by atoms with Crippen LogP contribution in [0.15, 0.2) is 0 Å². The van der Waals surface area contributed by atoms with Gasteiger partial charge in [0.25, 0.3) is 5.91 Å². The first-order valence-corrected chi connectivity index (χ1v) is 6.99. The van der Waals surface area contributed by atoms with Gasteiger partial charge in [0, 0.05) is 6.54 Å². The summed E-state index contributed by atoms with van der Waals surface area (Å²) < 4.78 is 6.47. The summed E-state index contributed by atoms with van der Waals surface area (Å²) in [7, 11) is 0. The van der Waals surface area contributed by atoms with Crippen LogP contribution in [-0.4, -0.2) is 34.8 Å². The third kappa shape index (κ3) is 4.80. The molecule has 0 aliphatic rings. The second-order valence-electron chi connectivity index (χ2n) is 4.38. The fraction of sp³-hybridized carbons (Fsp3) is 0.500. The van der Waals surface area contributed by atoms with E-state index in [0.29, 0.717) is 12.2 Å². The van der Waals surface area contributed by atoms with Crippen LogP contribution in [0, 0.1) is 19.3 Å². The minimum absolute atomic E-state index is 0.0884. The number of carbonyl (C=O) groups excluding carboxylic acids is 2. The zero-order valence-electron chi connectivity index (χ0n) is 12.1. The molecule has 0 spiro atoms. The van der Waals surface area contributed by atoms with Crippen molar-refractivity contribution in [2.24, 2.45) is 0 Å². The van der Waals surface area contributed by atoms with Crippen molar-refractivity contribution >= 4 is 23.5 Å². The molecular weight excluding hydrogens is 294 g/mol. The molecule has 0 aliphatic carbocycles. The maximum absolute atomic E-state index is 12.0. The van der Waals surface area contributed by atoms with Gasteiger partial charge in [-0.25, -0.2) is 4.79 Å². The lowest BCUT2D eigenvalue weighted by atomic mass is 10.3. The Bertz CT molecular complexity index is 561. The predicted molar refractivity (Wildman–Crippen MR) is 79.0 cm³/mol. The number of carbonyl (C=O) groups is 2. The van der Waals surface area contributed by atoms with Crippen molar-refractivity contribution in [2.75, 3.05) is 13.2 Å². The van der Waals surface area contributed by atoms with Crippen LogP contribution in [0.3, 0.4) is 0 Å². The largest absolute Gasteiger partial charge is 0.452 e. The summed E-state index contributed by atoms with van der Waals surface area (Å²) >= 11 is 6.13. The molecule has 1 N–H and O–H groups in total. The molecule has 0 unspecified atom stereocenters. The van der Waals surface area contributed by atoms with E-state index < -0.39 is 18.5 Å². The molecule has 0 saturated heterocycles. The maximum Gasteiger partial charge on any atom is 0.343 e. The van der Waals surface area contributed by atoms with Gasteiger partial charge in [-0.15, -0.1) is 6.42 Å². The molecule has 7 heteroatoms. The second-order valence-corrected chi connectivity index (χ2v) is 4.74. The number of aryl methyl sites for hydroxylation is 2.